The van der Waals surface area contributed by atoms with Gasteiger partial charge in [0.15, 0.2) is 0 Å². The molecule has 0 aromatic heterocycles. The Balaban J connectivity index is 1.90. The number of carbonyl (C=O) groups excluding carboxylic acids is 3. The first-order valence-corrected chi connectivity index (χ1v) is 9.61. The van der Waals surface area contributed by atoms with E-state index in [0.29, 0.717) is 31.3 Å². The predicted octanol–water partition coefficient (Wildman–Crippen LogP) is 0.854. The van der Waals surface area contributed by atoms with Crippen molar-refractivity contribution in [2.75, 3.05) is 31.3 Å². The van der Waals surface area contributed by atoms with Crippen molar-refractivity contribution in [3.63, 3.8) is 0 Å². The van der Waals surface area contributed by atoms with Crippen LogP contribution in [-0.4, -0.2) is 71.0 Å². The average molecular weight is 356 g/mol. The van der Waals surface area contributed by atoms with E-state index in [1.165, 1.54) is 0 Å². The number of thioether (sulfide) groups is 1. The van der Waals surface area contributed by atoms with Gasteiger partial charge in [-0.1, -0.05) is 20.8 Å². The van der Waals surface area contributed by atoms with Crippen LogP contribution in [0.5, 0.6) is 0 Å². The van der Waals surface area contributed by atoms with Gasteiger partial charge >= 0.3 is 6.03 Å². The van der Waals surface area contributed by atoms with Crippen molar-refractivity contribution in [1.82, 2.24) is 20.4 Å². The monoisotopic (exact) mass is 356 g/mol. The summed E-state index contributed by atoms with van der Waals surface area (Å²) < 4.78 is 0. The zero-order chi connectivity index (χ0) is 17.9. The summed E-state index contributed by atoms with van der Waals surface area (Å²) in [5.74, 6) is 1.08. The molecule has 2 atom stereocenters. The Bertz CT molecular complexity index is 506. The number of hydrogen-bond donors (Lipinski definition) is 2. The number of nitrogens with one attached hydrogen (secondary N) is 2. The summed E-state index contributed by atoms with van der Waals surface area (Å²) in [7, 11) is 0. The van der Waals surface area contributed by atoms with E-state index in [1.807, 2.05) is 27.7 Å². The fourth-order valence-corrected chi connectivity index (χ4v) is 4.07. The minimum Gasteiger partial charge on any atom is -0.350 e. The lowest BCUT2D eigenvalue weighted by Crippen LogP contribution is -2.52. The number of carbonyl (C=O) groups is 3. The van der Waals surface area contributed by atoms with Crippen molar-refractivity contribution in [2.45, 2.75) is 46.2 Å². The highest BCUT2D eigenvalue weighted by Gasteiger charge is 2.40. The first kappa shape index (κ1) is 18.9. The zero-order valence-electron chi connectivity index (χ0n) is 14.9. The van der Waals surface area contributed by atoms with E-state index in [0.717, 1.165) is 6.42 Å². The second-order valence-corrected chi connectivity index (χ2v) is 8.32. The van der Waals surface area contributed by atoms with Crippen molar-refractivity contribution in [3.8, 4) is 0 Å². The molecule has 136 valence electrons. The molecule has 0 bridgehead atoms. The molecule has 2 heterocycles. The summed E-state index contributed by atoms with van der Waals surface area (Å²) in [6.07, 6.45) is 0.746. The maximum absolute atomic E-state index is 12.6. The summed E-state index contributed by atoms with van der Waals surface area (Å²) in [5.41, 5.74) is -0.494. The molecule has 24 heavy (non-hydrogen) atoms. The smallest absolute Gasteiger partial charge is 0.317 e. The Morgan fingerprint density at radius 1 is 1.25 bits per heavy atom. The normalized spacial score (nSPS) is 24.2. The van der Waals surface area contributed by atoms with Crippen LogP contribution < -0.4 is 10.6 Å². The molecule has 0 aromatic carbocycles. The van der Waals surface area contributed by atoms with Gasteiger partial charge in [0.25, 0.3) is 0 Å². The topological polar surface area (TPSA) is 81.8 Å². The third-order valence-electron chi connectivity index (χ3n) is 4.24. The van der Waals surface area contributed by atoms with Gasteiger partial charge in [-0.05, 0) is 13.3 Å². The van der Waals surface area contributed by atoms with Crippen LogP contribution in [0, 0.1) is 5.41 Å². The molecule has 0 aliphatic carbocycles. The van der Waals surface area contributed by atoms with Crippen molar-refractivity contribution >= 4 is 29.6 Å². The van der Waals surface area contributed by atoms with Crippen molar-refractivity contribution in [3.05, 3.63) is 0 Å². The molecule has 0 radical (unpaired) electrons. The fourth-order valence-electron chi connectivity index (χ4n) is 2.91. The van der Waals surface area contributed by atoms with Gasteiger partial charge in [-0.25, -0.2) is 4.79 Å². The van der Waals surface area contributed by atoms with Crippen LogP contribution in [0.25, 0.3) is 0 Å². The van der Waals surface area contributed by atoms with Crippen molar-refractivity contribution in [2.24, 2.45) is 5.41 Å². The van der Waals surface area contributed by atoms with Gasteiger partial charge in [-0.15, -0.1) is 11.8 Å². The fraction of sp³-hybridized carbons (Fsp3) is 0.812. The zero-order valence-corrected chi connectivity index (χ0v) is 15.7. The van der Waals surface area contributed by atoms with E-state index in [4.69, 9.17) is 0 Å². The number of likely N-dealkylation sites (tertiary alicyclic amines) is 1. The maximum Gasteiger partial charge on any atom is 0.317 e. The van der Waals surface area contributed by atoms with E-state index in [9.17, 15) is 14.4 Å². The van der Waals surface area contributed by atoms with Crippen LogP contribution >= 0.6 is 11.8 Å². The summed E-state index contributed by atoms with van der Waals surface area (Å²) in [5, 5.41) is 5.79. The molecule has 8 heteroatoms. The second-order valence-electron chi connectivity index (χ2n) is 7.32. The predicted molar refractivity (Wildman–Crippen MR) is 94.6 cm³/mol. The van der Waals surface area contributed by atoms with Gasteiger partial charge in [0, 0.05) is 36.8 Å². The standard InChI is InChI=1S/C16H28N4O3S/c1-5-17-15(23)19-7-6-11(8-19)18-13(21)12-9-24-10-20(12)14(22)16(2,3)4/h11-12H,5-10H2,1-4H3,(H,17,23)(H,18,21)/t11-,12+/m1/s1. The van der Waals surface area contributed by atoms with E-state index >= 15 is 0 Å². The second kappa shape index (κ2) is 7.63. The molecule has 0 aromatic rings. The molecule has 4 amide bonds. The van der Waals surface area contributed by atoms with E-state index in [-0.39, 0.29) is 23.9 Å². The molecule has 0 unspecified atom stereocenters. The largest absolute Gasteiger partial charge is 0.350 e. The highest BCUT2D eigenvalue weighted by molar-refractivity contribution is 7.99. The van der Waals surface area contributed by atoms with Gasteiger partial charge in [-0.3, -0.25) is 9.59 Å². The molecule has 2 aliphatic rings. The number of rotatable bonds is 3. The molecular formula is C16H28N4O3S. The lowest BCUT2D eigenvalue weighted by atomic mass is 9.94. The first-order chi connectivity index (χ1) is 11.2. The van der Waals surface area contributed by atoms with Gasteiger partial charge in [0.2, 0.25) is 11.8 Å². The van der Waals surface area contributed by atoms with E-state index < -0.39 is 11.5 Å². The van der Waals surface area contributed by atoms with Gasteiger partial charge in [0.1, 0.15) is 6.04 Å². The molecule has 7 nitrogen and oxygen atoms in total. The van der Waals surface area contributed by atoms with Crippen LogP contribution in [0.1, 0.15) is 34.1 Å². The summed E-state index contributed by atoms with van der Waals surface area (Å²) in [6.45, 7) is 9.24. The van der Waals surface area contributed by atoms with Crippen LogP contribution in [0.2, 0.25) is 0 Å². The Labute approximate surface area is 147 Å². The number of hydrogen-bond acceptors (Lipinski definition) is 4. The average Bonchev–Trinajstić information content (AvgIpc) is 3.14. The molecule has 2 aliphatic heterocycles. The van der Waals surface area contributed by atoms with Crippen LogP contribution in [0.4, 0.5) is 4.79 Å². The van der Waals surface area contributed by atoms with Gasteiger partial charge < -0.3 is 20.4 Å². The van der Waals surface area contributed by atoms with Crippen LogP contribution in [-0.2, 0) is 9.59 Å². The Hall–Kier alpha value is -1.44. The minimum absolute atomic E-state index is 0.00280. The van der Waals surface area contributed by atoms with Gasteiger partial charge in [-0.2, -0.15) is 0 Å². The van der Waals surface area contributed by atoms with Crippen LogP contribution in [0.15, 0.2) is 0 Å². The highest BCUT2D eigenvalue weighted by Crippen LogP contribution is 2.27. The van der Waals surface area contributed by atoms with E-state index in [1.54, 1.807) is 21.6 Å². The Morgan fingerprint density at radius 2 is 1.96 bits per heavy atom. The molecule has 2 fully saturated rings. The molecule has 2 N–H and O–H groups in total. The molecular weight excluding hydrogens is 328 g/mol. The molecule has 2 rings (SSSR count). The number of urea groups is 1. The summed E-state index contributed by atoms with van der Waals surface area (Å²) >= 11 is 1.60. The highest BCUT2D eigenvalue weighted by atomic mass is 32.2. The maximum atomic E-state index is 12.6. The third-order valence-corrected chi connectivity index (χ3v) is 5.25. The third kappa shape index (κ3) is 4.34. The van der Waals surface area contributed by atoms with E-state index in [2.05, 4.69) is 10.6 Å². The molecule has 0 saturated carbocycles. The Kier molecular flexibility index (Phi) is 6.01. The summed E-state index contributed by atoms with van der Waals surface area (Å²) in [4.78, 5) is 40.3. The lowest BCUT2D eigenvalue weighted by Gasteiger charge is -2.30. The number of amides is 4. The van der Waals surface area contributed by atoms with Crippen molar-refractivity contribution < 1.29 is 14.4 Å². The molecule has 2 saturated heterocycles. The Morgan fingerprint density at radius 3 is 2.58 bits per heavy atom. The summed E-state index contributed by atoms with van der Waals surface area (Å²) in [6, 6.07) is -0.548. The quantitative estimate of drug-likeness (QED) is 0.786. The lowest BCUT2D eigenvalue weighted by molar-refractivity contribution is -0.144. The SMILES string of the molecule is CCNC(=O)N1CC[C@@H](NC(=O)[C@@H]2CSCN2C(=O)C(C)(C)C)C1. The van der Waals surface area contributed by atoms with Crippen molar-refractivity contribution in [1.29, 1.82) is 0 Å². The number of nitrogens with zero attached hydrogens (tertiary/aromatic N) is 2. The first-order valence-electron chi connectivity index (χ1n) is 8.46. The van der Waals surface area contributed by atoms with Crippen LogP contribution in [0.3, 0.4) is 0 Å². The molecule has 0 spiro atoms. The van der Waals surface area contributed by atoms with Gasteiger partial charge in [0.05, 0.1) is 5.88 Å². The minimum atomic E-state index is -0.494.